The van der Waals surface area contributed by atoms with Gasteiger partial charge in [0.2, 0.25) is 0 Å². The Morgan fingerprint density at radius 2 is 0.636 bits per heavy atom. The number of hydrogen-bond donors (Lipinski definition) is 0. The largest absolute Gasteiger partial charge is 4.00 e. The fraction of sp³-hybridized carbons (Fsp3) is 0. The molecule has 0 aromatic carbocycles. The van der Waals surface area contributed by atoms with E-state index in [4.69, 9.17) is 47.3 Å². The molecule has 5 nitrogen and oxygen atoms in total. The minimum absolute atomic E-state index is 0. The predicted molar refractivity (Wildman–Crippen MR) is 24.6 cm³/mol. The number of hydrogen-bond acceptors (Lipinski definition) is 4. The molecule has 0 heterocycles. The van der Waals surface area contributed by atoms with Crippen LogP contribution in [0.1, 0.15) is 1.43 Å². The van der Waals surface area contributed by atoms with Crippen molar-refractivity contribution in [2.24, 2.45) is 0 Å². The summed E-state index contributed by atoms with van der Waals surface area (Å²) in [5.74, 6) is 0. The summed E-state index contributed by atoms with van der Waals surface area (Å²) in [6, 6.07) is 0. The third-order valence-corrected chi connectivity index (χ3v) is 0. The first-order valence-electron chi connectivity index (χ1n) is 0.894. The van der Waals surface area contributed by atoms with E-state index in [1.54, 1.807) is 0 Å². The minimum Gasteiger partial charge on any atom is -1.00 e. The van der Waals surface area contributed by atoms with Gasteiger partial charge in [0, 0.05) is 0 Å². The molecule has 11 heavy (non-hydrogen) atoms. The van der Waals surface area contributed by atoms with E-state index in [2.05, 4.69) is 0 Å². The second kappa shape index (κ2) is 14600. The molecule has 56 valence electrons. The summed E-state index contributed by atoms with van der Waals surface area (Å²) in [6.07, 6.45) is 0. The van der Waals surface area contributed by atoms with Crippen LogP contribution in [0.15, 0.2) is 0 Å². The topological polar surface area (TPSA) is 127 Å². The Hall–Kier alpha value is 0.245. The third kappa shape index (κ3) is 11600. The molecule has 0 saturated carbocycles. The standard InChI is InChI=1S/4CN.K.H2O.Pt.H/c4*1-2;;;;/h;;;;;1H2;;/q4*-1;+1;;+4;-1. The van der Waals surface area contributed by atoms with Gasteiger partial charge in [0.05, 0.1) is 0 Å². The summed E-state index contributed by atoms with van der Waals surface area (Å²) in [7, 11) is 0. The van der Waals surface area contributed by atoms with Crippen molar-refractivity contribution in [3.05, 3.63) is 26.3 Å². The number of rotatable bonds is 0. The number of nitrogens with zero attached hydrogens (tertiary/aromatic N) is 4. The van der Waals surface area contributed by atoms with E-state index in [0.29, 0.717) is 0 Å². The maximum atomic E-state index is 6.25. The first kappa shape index (κ1) is 65.5. The van der Waals surface area contributed by atoms with Crippen molar-refractivity contribution < 1.29 is 79.4 Å². The Morgan fingerprint density at radius 1 is 0.636 bits per heavy atom. The zero-order valence-corrected chi connectivity index (χ0v) is 11.0. The van der Waals surface area contributed by atoms with Crippen LogP contribution in [0, 0.1) is 47.3 Å². The van der Waals surface area contributed by atoms with E-state index in [0.717, 1.165) is 0 Å². The van der Waals surface area contributed by atoms with Gasteiger partial charge in [-0.15, -0.1) is 0 Å². The molecule has 0 aromatic rings. The molecule has 0 spiro atoms. The van der Waals surface area contributed by atoms with Gasteiger partial charge in [-0.3, -0.25) is 0 Å². The summed E-state index contributed by atoms with van der Waals surface area (Å²) < 4.78 is 0. The van der Waals surface area contributed by atoms with Crippen molar-refractivity contribution in [1.82, 2.24) is 0 Å². The first-order valence-corrected chi connectivity index (χ1v) is 0.894. The fourth-order valence-corrected chi connectivity index (χ4v) is 0. The van der Waals surface area contributed by atoms with Gasteiger partial charge in [0.15, 0.2) is 0 Å². The third-order valence-electron chi connectivity index (χ3n) is 0. The van der Waals surface area contributed by atoms with Crippen LogP contribution < -0.4 is 51.4 Å². The van der Waals surface area contributed by atoms with Crippen LogP contribution in [0.25, 0.3) is 0 Å². The average molecular weight is 357 g/mol. The summed E-state index contributed by atoms with van der Waals surface area (Å²) in [6.45, 7) is 19.0. The van der Waals surface area contributed by atoms with Crippen LogP contribution in [0.5, 0.6) is 0 Å². The van der Waals surface area contributed by atoms with Gasteiger partial charge < -0.3 is 54.2 Å². The van der Waals surface area contributed by atoms with Gasteiger partial charge in [0.25, 0.3) is 0 Å². The fourth-order valence-electron chi connectivity index (χ4n) is 0. The molecule has 0 amide bonds. The Balaban J connectivity index is -0.00000000267. The maximum absolute atomic E-state index is 6.25. The minimum atomic E-state index is 0. The predicted octanol–water partition coefficient (Wildman–Crippen LogP) is -3.33. The van der Waals surface area contributed by atoms with Crippen LogP contribution >= 0.6 is 0 Å². The summed E-state index contributed by atoms with van der Waals surface area (Å²) in [4.78, 5) is 0. The van der Waals surface area contributed by atoms with Gasteiger partial charge in [0.1, 0.15) is 0 Å². The van der Waals surface area contributed by atoms with Gasteiger partial charge >= 0.3 is 72.4 Å². The molecule has 0 saturated heterocycles. The van der Waals surface area contributed by atoms with Crippen LogP contribution in [0.4, 0.5) is 0 Å². The monoisotopic (exact) mass is 357 g/mol. The molecule has 7 heteroatoms. The van der Waals surface area contributed by atoms with Crippen LogP contribution in [0.3, 0.4) is 0 Å². The Bertz CT molecular complexity index is 70.0. The van der Waals surface area contributed by atoms with Crippen LogP contribution in [-0.2, 0) is 21.1 Å². The molecule has 0 fully saturated rings. The second-order valence-corrected chi connectivity index (χ2v) is 0. The van der Waals surface area contributed by atoms with E-state index in [1.807, 2.05) is 0 Å². The molecule has 0 radical (unpaired) electrons. The van der Waals surface area contributed by atoms with Gasteiger partial charge in [-0.1, -0.05) is 0 Å². The Morgan fingerprint density at radius 3 is 0.636 bits per heavy atom. The normalized spacial score (nSPS) is 0.727. The molecule has 0 unspecified atom stereocenters. The zero-order valence-electron chi connectivity index (χ0n) is 6.61. The molecule has 0 aliphatic carbocycles. The second-order valence-electron chi connectivity index (χ2n) is 0. The maximum Gasteiger partial charge on any atom is 4.00 e. The summed E-state index contributed by atoms with van der Waals surface area (Å²) >= 11 is 0. The van der Waals surface area contributed by atoms with E-state index in [1.165, 1.54) is 0 Å². The SMILES string of the molecule is O.[C-]#N.[C-]#N.[C-]#N.[C-]#N.[H-].[K+].[Pt+4]. The molecule has 2 N–H and O–H groups in total. The molecule has 0 aliphatic rings. The van der Waals surface area contributed by atoms with Crippen molar-refractivity contribution in [2.75, 3.05) is 0 Å². The smallest absolute Gasteiger partial charge is 1.00 e. The molecule has 0 aromatic heterocycles. The van der Waals surface area contributed by atoms with Crippen molar-refractivity contribution >= 4 is 0 Å². The quantitative estimate of drug-likeness (QED) is 0.332. The molecule has 0 rings (SSSR count). The van der Waals surface area contributed by atoms with E-state index < -0.39 is 0 Å². The van der Waals surface area contributed by atoms with Gasteiger partial charge in [-0.25, -0.2) is 0 Å². The van der Waals surface area contributed by atoms with E-state index in [9.17, 15) is 0 Å². The van der Waals surface area contributed by atoms with Crippen LogP contribution in [0.2, 0.25) is 0 Å². The molecule has 0 bridgehead atoms. The van der Waals surface area contributed by atoms with Crippen molar-refractivity contribution in [3.8, 4) is 0 Å². The zero-order chi connectivity index (χ0) is 8.00. The molecule has 0 atom stereocenters. The molecule has 0 aliphatic heterocycles. The summed E-state index contributed by atoms with van der Waals surface area (Å²) in [5.41, 5.74) is 0. The van der Waals surface area contributed by atoms with Crippen molar-refractivity contribution in [2.45, 2.75) is 0 Å². The van der Waals surface area contributed by atoms with E-state index in [-0.39, 0.29) is 79.4 Å². The first-order chi connectivity index (χ1) is 4.00. The Labute approximate surface area is 125 Å². The summed E-state index contributed by atoms with van der Waals surface area (Å²) in [5, 5.41) is 25.0. The van der Waals surface area contributed by atoms with E-state index >= 15 is 0 Å². The molecular formula is C4H3KN4OPt. The van der Waals surface area contributed by atoms with Gasteiger partial charge in [-0.05, 0) is 0 Å². The van der Waals surface area contributed by atoms with Crippen molar-refractivity contribution in [3.63, 3.8) is 0 Å². The van der Waals surface area contributed by atoms with Crippen molar-refractivity contribution in [1.29, 1.82) is 21.0 Å². The Kier molecular flexibility index (Phi) is 87100. The molecular weight excluding hydrogens is 354 g/mol. The van der Waals surface area contributed by atoms with Crippen LogP contribution in [-0.4, -0.2) is 5.48 Å². The van der Waals surface area contributed by atoms with Gasteiger partial charge in [-0.2, -0.15) is 0 Å². The average Bonchev–Trinajstić information content (AvgIpc) is 2.03.